The van der Waals surface area contributed by atoms with Gasteiger partial charge in [0.05, 0.1) is 6.10 Å². The van der Waals surface area contributed by atoms with Gasteiger partial charge in [0.25, 0.3) is 5.91 Å². The number of aliphatic hydroxyl groups is 1. The normalized spacial score (nSPS) is 17.1. The molecule has 0 fully saturated rings. The summed E-state index contributed by atoms with van der Waals surface area (Å²) in [6.45, 7) is 3.07. The van der Waals surface area contributed by atoms with Crippen LogP contribution in [-0.4, -0.2) is 48.8 Å². The minimum atomic E-state index is -0.405. The number of amides is 1. The number of aliphatic hydroxyl groups excluding tert-OH is 1. The van der Waals surface area contributed by atoms with Crippen molar-refractivity contribution in [2.24, 2.45) is 0 Å². The third kappa shape index (κ3) is 3.79. The van der Waals surface area contributed by atoms with Gasteiger partial charge >= 0.3 is 0 Å². The lowest BCUT2D eigenvalue weighted by Gasteiger charge is -2.21. The number of likely N-dealkylation sites (N-methyl/N-ethyl adjacent to an activating group) is 1. The maximum absolute atomic E-state index is 11.7. The summed E-state index contributed by atoms with van der Waals surface area (Å²) in [5, 5.41) is 9.08. The van der Waals surface area contributed by atoms with E-state index in [9.17, 15) is 4.79 Å². The highest BCUT2D eigenvalue weighted by Crippen LogP contribution is 2.08. The van der Waals surface area contributed by atoms with Crippen LogP contribution in [0.4, 0.5) is 0 Å². The number of carbonyl (C=O) groups is 1. The topological polar surface area (TPSA) is 59.0 Å². The smallest absolute Gasteiger partial charge is 0.291 e. The summed E-state index contributed by atoms with van der Waals surface area (Å²) >= 11 is 0. The number of rotatable bonds is 4. The molecule has 0 radical (unpaired) electrons. The summed E-state index contributed by atoms with van der Waals surface area (Å²) in [4.78, 5) is 13.2. The number of hydrogen-bond acceptors (Lipinski definition) is 4. The van der Waals surface area contributed by atoms with E-state index in [1.54, 1.807) is 14.0 Å². The lowest BCUT2D eigenvalue weighted by Crippen LogP contribution is -2.32. The van der Waals surface area contributed by atoms with Gasteiger partial charge in [0.1, 0.15) is 19.5 Å². The Bertz CT molecular complexity index is 250. The number of ether oxygens (including phenoxy) is 2. The number of hydrogen-bond donors (Lipinski definition) is 1. The molecular formula is C10H17NO4. The first-order valence-electron chi connectivity index (χ1n) is 4.99. The van der Waals surface area contributed by atoms with Gasteiger partial charge in [-0.05, 0) is 13.3 Å². The van der Waals surface area contributed by atoms with Crippen LogP contribution < -0.4 is 0 Å². The number of nitrogens with zero attached hydrogens (tertiary/aromatic N) is 1. The first kappa shape index (κ1) is 11.8. The highest BCUT2D eigenvalue weighted by Gasteiger charge is 2.19. The van der Waals surface area contributed by atoms with E-state index >= 15 is 0 Å². The molecule has 0 saturated carbocycles. The molecule has 1 aliphatic rings. The van der Waals surface area contributed by atoms with E-state index in [1.807, 2.05) is 0 Å². The van der Waals surface area contributed by atoms with Crippen LogP contribution in [0.5, 0.6) is 0 Å². The second kappa shape index (κ2) is 5.60. The zero-order chi connectivity index (χ0) is 11.3. The van der Waals surface area contributed by atoms with Crippen LogP contribution >= 0.6 is 0 Å². The molecule has 1 heterocycles. The molecule has 0 bridgehead atoms. The molecule has 0 spiro atoms. The molecule has 0 saturated heterocycles. The third-order valence-corrected chi connectivity index (χ3v) is 2.09. The Morgan fingerprint density at radius 3 is 2.93 bits per heavy atom. The summed E-state index contributed by atoms with van der Waals surface area (Å²) in [6.07, 6.45) is 1.49. The summed E-state index contributed by atoms with van der Waals surface area (Å²) < 4.78 is 10.1. The monoisotopic (exact) mass is 215 g/mol. The molecule has 1 rings (SSSR count). The van der Waals surface area contributed by atoms with Crippen molar-refractivity contribution in [2.75, 3.05) is 26.8 Å². The summed E-state index contributed by atoms with van der Waals surface area (Å²) in [5.41, 5.74) is 0. The Hall–Kier alpha value is -1.23. The first-order valence-corrected chi connectivity index (χ1v) is 4.99. The van der Waals surface area contributed by atoms with E-state index < -0.39 is 6.10 Å². The molecule has 0 aromatic heterocycles. The van der Waals surface area contributed by atoms with Crippen molar-refractivity contribution in [3.8, 4) is 0 Å². The largest absolute Gasteiger partial charge is 0.494 e. The molecule has 0 aromatic carbocycles. The highest BCUT2D eigenvalue weighted by atomic mass is 16.6. The fourth-order valence-electron chi connectivity index (χ4n) is 1.15. The van der Waals surface area contributed by atoms with E-state index in [0.29, 0.717) is 26.2 Å². The Morgan fingerprint density at radius 2 is 2.40 bits per heavy atom. The molecule has 1 amide bonds. The SMILES string of the molecule is CC(O)CCN(C)C(=O)C1=COCCO1. The summed E-state index contributed by atoms with van der Waals surface area (Å²) in [6, 6.07) is 0. The Kier molecular flexibility index (Phi) is 4.42. The van der Waals surface area contributed by atoms with E-state index in [0.717, 1.165) is 0 Å². The average molecular weight is 215 g/mol. The number of carbonyl (C=O) groups excluding carboxylic acids is 1. The predicted molar refractivity (Wildman–Crippen MR) is 53.9 cm³/mol. The molecule has 1 atom stereocenters. The van der Waals surface area contributed by atoms with Crippen molar-refractivity contribution in [3.63, 3.8) is 0 Å². The van der Waals surface area contributed by atoms with Crippen LogP contribution in [0.25, 0.3) is 0 Å². The second-order valence-corrected chi connectivity index (χ2v) is 3.57. The Morgan fingerprint density at radius 1 is 1.67 bits per heavy atom. The molecule has 1 aliphatic heterocycles. The maximum atomic E-state index is 11.7. The molecule has 0 aromatic rings. The second-order valence-electron chi connectivity index (χ2n) is 3.57. The molecular weight excluding hydrogens is 198 g/mol. The van der Waals surface area contributed by atoms with Gasteiger partial charge in [-0.15, -0.1) is 0 Å². The van der Waals surface area contributed by atoms with Gasteiger partial charge in [0.15, 0.2) is 0 Å². The van der Waals surface area contributed by atoms with Gasteiger partial charge in [-0.25, -0.2) is 0 Å². The fraction of sp³-hybridized carbons (Fsp3) is 0.700. The minimum absolute atomic E-state index is 0.213. The van der Waals surface area contributed by atoms with Crippen LogP contribution in [0.15, 0.2) is 12.0 Å². The van der Waals surface area contributed by atoms with E-state index in [4.69, 9.17) is 14.6 Å². The van der Waals surface area contributed by atoms with Crippen molar-refractivity contribution in [1.29, 1.82) is 0 Å². The Labute approximate surface area is 89.3 Å². The van der Waals surface area contributed by atoms with Gasteiger partial charge < -0.3 is 19.5 Å². The van der Waals surface area contributed by atoms with Crippen LogP contribution in [0, 0.1) is 0 Å². The lowest BCUT2D eigenvalue weighted by molar-refractivity contribution is -0.131. The zero-order valence-electron chi connectivity index (χ0n) is 9.10. The standard InChI is InChI=1S/C10H17NO4/c1-8(12)3-4-11(2)10(13)9-7-14-5-6-15-9/h7-8,12H,3-6H2,1-2H3. The van der Waals surface area contributed by atoms with E-state index in [1.165, 1.54) is 11.2 Å². The van der Waals surface area contributed by atoms with Crippen molar-refractivity contribution in [3.05, 3.63) is 12.0 Å². The van der Waals surface area contributed by atoms with Gasteiger partial charge in [0, 0.05) is 13.6 Å². The maximum Gasteiger partial charge on any atom is 0.291 e. The molecule has 1 N–H and O–H groups in total. The van der Waals surface area contributed by atoms with Crippen molar-refractivity contribution < 1.29 is 19.4 Å². The molecule has 15 heavy (non-hydrogen) atoms. The predicted octanol–water partition coefficient (Wildman–Crippen LogP) is 0.104. The fourth-order valence-corrected chi connectivity index (χ4v) is 1.15. The van der Waals surface area contributed by atoms with Crippen molar-refractivity contribution in [2.45, 2.75) is 19.4 Å². The Balaban J connectivity index is 2.41. The highest BCUT2D eigenvalue weighted by molar-refractivity contribution is 5.91. The van der Waals surface area contributed by atoms with E-state index in [2.05, 4.69) is 0 Å². The van der Waals surface area contributed by atoms with Crippen LogP contribution in [0.3, 0.4) is 0 Å². The summed E-state index contributed by atoms with van der Waals surface area (Å²) in [7, 11) is 1.67. The van der Waals surface area contributed by atoms with Crippen LogP contribution in [0.1, 0.15) is 13.3 Å². The van der Waals surface area contributed by atoms with Crippen LogP contribution in [-0.2, 0) is 14.3 Å². The molecule has 86 valence electrons. The molecule has 1 unspecified atom stereocenters. The first-order chi connectivity index (χ1) is 7.11. The quantitative estimate of drug-likeness (QED) is 0.722. The van der Waals surface area contributed by atoms with Crippen molar-refractivity contribution >= 4 is 5.91 Å². The zero-order valence-corrected chi connectivity index (χ0v) is 9.10. The van der Waals surface area contributed by atoms with Gasteiger partial charge in [-0.2, -0.15) is 0 Å². The third-order valence-electron chi connectivity index (χ3n) is 2.09. The van der Waals surface area contributed by atoms with Gasteiger partial charge in [0.2, 0.25) is 5.76 Å². The lowest BCUT2D eigenvalue weighted by atomic mass is 10.2. The molecule has 5 nitrogen and oxygen atoms in total. The van der Waals surface area contributed by atoms with Crippen LogP contribution in [0.2, 0.25) is 0 Å². The molecule has 0 aliphatic carbocycles. The van der Waals surface area contributed by atoms with E-state index in [-0.39, 0.29) is 11.7 Å². The van der Waals surface area contributed by atoms with Gasteiger partial charge in [-0.1, -0.05) is 0 Å². The average Bonchev–Trinajstić information content (AvgIpc) is 2.26. The summed E-state index contributed by atoms with van der Waals surface area (Å²) in [5.74, 6) is 0.0182. The minimum Gasteiger partial charge on any atom is -0.494 e. The van der Waals surface area contributed by atoms with Gasteiger partial charge in [-0.3, -0.25) is 4.79 Å². The van der Waals surface area contributed by atoms with Crippen molar-refractivity contribution in [1.82, 2.24) is 4.90 Å². The molecule has 5 heteroatoms.